The number of amides is 2. The second kappa shape index (κ2) is 7.62. The monoisotopic (exact) mass is 413 g/mol. The first kappa shape index (κ1) is 19.3. The number of hydrogen-bond acceptors (Lipinski definition) is 6. The van der Waals surface area contributed by atoms with Crippen LogP contribution in [0, 0.1) is 5.82 Å². The third kappa shape index (κ3) is 4.43. The van der Waals surface area contributed by atoms with Gasteiger partial charge in [-0.25, -0.2) is 22.7 Å². The summed E-state index contributed by atoms with van der Waals surface area (Å²) in [6, 6.07) is 6.82. The van der Waals surface area contributed by atoms with Crippen LogP contribution in [0.25, 0.3) is 0 Å². The van der Waals surface area contributed by atoms with Crippen LogP contribution in [0.3, 0.4) is 0 Å². The summed E-state index contributed by atoms with van der Waals surface area (Å²) in [5.41, 5.74) is 0.184. The molecule has 3 N–H and O–H groups in total. The molecule has 2 amide bonds. The van der Waals surface area contributed by atoms with Crippen molar-refractivity contribution < 1.29 is 27.1 Å². The maximum Gasteiger partial charge on any atom is 0.414 e. The summed E-state index contributed by atoms with van der Waals surface area (Å²) < 4.78 is 41.4. The zero-order chi connectivity index (χ0) is 19.6. The molecule has 11 heteroatoms. The second-order valence-corrected chi connectivity index (χ2v) is 8.66. The van der Waals surface area contributed by atoms with E-state index in [0.717, 1.165) is 17.4 Å². The van der Waals surface area contributed by atoms with Gasteiger partial charge in [-0.3, -0.25) is 9.69 Å². The summed E-state index contributed by atoms with van der Waals surface area (Å²) in [5, 5.41) is 7.63. The van der Waals surface area contributed by atoms with Gasteiger partial charge < -0.3 is 10.1 Å². The van der Waals surface area contributed by atoms with Gasteiger partial charge in [0.25, 0.3) is 5.91 Å². The zero-order valence-electron chi connectivity index (χ0n) is 14.0. The van der Waals surface area contributed by atoms with Crippen LogP contribution in [0.5, 0.6) is 0 Å². The minimum atomic E-state index is -3.75. The average molecular weight is 413 g/mol. The molecule has 0 radical (unpaired) electrons. The van der Waals surface area contributed by atoms with E-state index >= 15 is 0 Å². The van der Waals surface area contributed by atoms with Crippen molar-refractivity contribution in [2.75, 3.05) is 24.6 Å². The number of ether oxygens (including phenoxy) is 1. The highest BCUT2D eigenvalue weighted by Crippen LogP contribution is 2.23. The summed E-state index contributed by atoms with van der Waals surface area (Å²) in [5.74, 6) is -1.35. The van der Waals surface area contributed by atoms with Gasteiger partial charge in [-0.15, -0.1) is 11.3 Å². The lowest BCUT2D eigenvalue weighted by atomic mass is 10.1. The van der Waals surface area contributed by atoms with Gasteiger partial charge in [0, 0.05) is 17.1 Å². The topological polar surface area (TPSA) is 119 Å². The fourth-order valence-corrected chi connectivity index (χ4v) is 4.30. The number of thiophene rings is 1. The van der Waals surface area contributed by atoms with Crippen LogP contribution < -0.4 is 15.4 Å². The third-order valence-corrected chi connectivity index (χ3v) is 6.42. The van der Waals surface area contributed by atoms with Gasteiger partial charge in [0.15, 0.2) is 0 Å². The smallest absolute Gasteiger partial charge is 0.414 e. The third-order valence-electron chi connectivity index (χ3n) is 3.84. The molecule has 0 aliphatic carbocycles. The maximum absolute atomic E-state index is 14.0. The Labute approximate surface area is 158 Å². The van der Waals surface area contributed by atoms with Crippen molar-refractivity contribution in [2.45, 2.75) is 10.6 Å². The quantitative estimate of drug-likeness (QED) is 0.743. The van der Waals surface area contributed by atoms with Crippen LogP contribution in [0.1, 0.15) is 15.2 Å². The molecule has 3 rings (SSSR count). The first-order valence-corrected chi connectivity index (χ1v) is 10.3. The lowest BCUT2D eigenvalue weighted by molar-refractivity contribution is 0.0950. The molecule has 1 fully saturated rings. The molecule has 0 saturated carbocycles. The van der Waals surface area contributed by atoms with E-state index in [1.54, 1.807) is 6.07 Å². The van der Waals surface area contributed by atoms with E-state index in [9.17, 15) is 22.4 Å². The Bertz CT molecular complexity index is 990. The summed E-state index contributed by atoms with van der Waals surface area (Å²) in [4.78, 5) is 25.9. The van der Waals surface area contributed by atoms with Crippen LogP contribution in [0.2, 0.25) is 0 Å². The Morgan fingerprint density at radius 2 is 2.11 bits per heavy atom. The highest BCUT2D eigenvalue weighted by molar-refractivity contribution is 7.91. The minimum Gasteiger partial charge on any atom is -0.447 e. The summed E-state index contributed by atoms with van der Waals surface area (Å²) in [6.45, 7) is 0.744. The van der Waals surface area contributed by atoms with Gasteiger partial charge in [-0.2, -0.15) is 0 Å². The number of nitrogens with one attached hydrogen (secondary N) is 1. The van der Waals surface area contributed by atoms with Gasteiger partial charge in [-0.1, -0.05) is 0 Å². The fraction of sp³-hybridized carbons (Fsp3) is 0.250. The molecule has 1 aromatic carbocycles. The predicted molar refractivity (Wildman–Crippen MR) is 96.8 cm³/mol. The Morgan fingerprint density at radius 1 is 1.33 bits per heavy atom. The van der Waals surface area contributed by atoms with Crippen LogP contribution in [-0.4, -0.2) is 40.1 Å². The number of carbonyl (C=O) groups is 2. The van der Waals surface area contributed by atoms with E-state index in [1.807, 2.05) is 0 Å². The van der Waals surface area contributed by atoms with Gasteiger partial charge in [0.1, 0.15) is 16.6 Å². The van der Waals surface area contributed by atoms with E-state index in [0.29, 0.717) is 23.5 Å². The van der Waals surface area contributed by atoms with E-state index in [2.05, 4.69) is 5.32 Å². The second-order valence-electron chi connectivity index (χ2n) is 5.70. The Kier molecular flexibility index (Phi) is 5.44. The van der Waals surface area contributed by atoms with Gasteiger partial charge in [0.2, 0.25) is 10.0 Å². The normalized spacial score (nSPS) is 14.3. The molecule has 0 spiro atoms. The number of halogens is 1. The standard InChI is InChI=1S/C16H16FN3O5S2/c17-13-3-1-10(20-7-8-25-16(20)22)9-12(13)15(21)19-6-5-11-2-4-14(26-11)27(18,23)24/h1-4,9H,5-8H2,(H,19,21)(H2,18,23,24). The molecule has 1 aliphatic rings. The molecular formula is C16H16FN3O5S2. The summed E-state index contributed by atoms with van der Waals surface area (Å²) in [6.07, 6.45) is -0.178. The SMILES string of the molecule is NS(=O)(=O)c1ccc(CCNC(=O)c2cc(N3CCOC3=O)ccc2F)s1. The molecule has 8 nitrogen and oxygen atoms in total. The molecular weight excluding hydrogens is 397 g/mol. The summed E-state index contributed by atoms with van der Waals surface area (Å²) >= 11 is 1.01. The highest BCUT2D eigenvalue weighted by atomic mass is 32.2. The summed E-state index contributed by atoms with van der Waals surface area (Å²) in [7, 11) is -3.75. The van der Waals surface area contributed by atoms with Crippen molar-refractivity contribution in [3.63, 3.8) is 0 Å². The lowest BCUT2D eigenvalue weighted by Crippen LogP contribution is -2.28. The number of primary sulfonamides is 1. The fourth-order valence-electron chi connectivity index (χ4n) is 2.52. The molecule has 2 heterocycles. The van der Waals surface area contributed by atoms with Crippen LogP contribution in [0.4, 0.5) is 14.9 Å². The molecule has 27 heavy (non-hydrogen) atoms. The Balaban J connectivity index is 1.64. The van der Waals surface area contributed by atoms with Crippen molar-refractivity contribution in [3.8, 4) is 0 Å². The number of nitrogens with zero attached hydrogens (tertiary/aromatic N) is 1. The van der Waals surface area contributed by atoms with Crippen molar-refractivity contribution in [2.24, 2.45) is 5.14 Å². The van der Waals surface area contributed by atoms with E-state index < -0.39 is 27.8 Å². The van der Waals surface area contributed by atoms with Crippen LogP contribution in [-0.2, 0) is 21.2 Å². The van der Waals surface area contributed by atoms with Crippen molar-refractivity contribution in [1.82, 2.24) is 5.32 Å². The van der Waals surface area contributed by atoms with E-state index in [-0.39, 0.29) is 22.9 Å². The largest absolute Gasteiger partial charge is 0.447 e. The van der Waals surface area contributed by atoms with E-state index in [1.165, 1.54) is 23.1 Å². The molecule has 2 aromatic rings. The van der Waals surface area contributed by atoms with Gasteiger partial charge in [-0.05, 0) is 36.8 Å². The number of benzene rings is 1. The number of sulfonamides is 1. The lowest BCUT2D eigenvalue weighted by Gasteiger charge is -2.14. The Morgan fingerprint density at radius 3 is 2.74 bits per heavy atom. The zero-order valence-corrected chi connectivity index (χ0v) is 15.6. The first-order valence-electron chi connectivity index (χ1n) is 7.89. The highest BCUT2D eigenvalue weighted by Gasteiger charge is 2.25. The number of hydrogen-bond donors (Lipinski definition) is 2. The molecule has 0 unspecified atom stereocenters. The van der Waals surface area contributed by atoms with Gasteiger partial charge in [0.05, 0.1) is 12.1 Å². The molecule has 1 aromatic heterocycles. The molecule has 0 bridgehead atoms. The molecule has 1 saturated heterocycles. The van der Waals surface area contributed by atoms with E-state index in [4.69, 9.17) is 9.88 Å². The van der Waals surface area contributed by atoms with Crippen LogP contribution in [0.15, 0.2) is 34.5 Å². The Hall–Kier alpha value is -2.50. The number of anilines is 1. The van der Waals surface area contributed by atoms with Crippen molar-refractivity contribution >= 4 is 39.0 Å². The first-order chi connectivity index (χ1) is 12.8. The number of nitrogens with two attached hydrogens (primary N) is 1. The van der Waals surface area contributed by atoms with Gasteiger partial charge >= 0.3 is 6.09 Å². The number of carbonyl (C=O) groups excluding carboxylic acids is 2. The van der Waals surface area contributed by atoms with Crippen molar-refractivity contribution in [1.29, 1.82) is 0 Å². The molecule has 144 valence electrons. The van der Waals surface area contributed by atoms with Crippen LogP contribution >= 0.6 is 11.3 Å². The molecule has 1 aliphatic heterocycles. The maximum atomic E-state index is 14.0. The number of rotatable bonds is 6. The molecule has 0 atom stereocenters. The number of cyclic esters (lactones) is 1. The predicted octanol–water partition coefficient (Wildman–Crippen LogP) is 1.46. The average Bonchev–Trinajstić information content (AvgIpc) is 3.24. The minimum absolute atomic E-state index is 0.0417. The van der Waals surface area contributed by atoms with Crippen molar-refractivity contribution in [3.05, 3.63) is 46.6 Å².